The van der Waals surface area contributed by atoms with Crippen LogP contribution in [0.5, 0.6) is 0 Å². The second kappa shape index (κ2) is 7.41. The van der Waals surface area contributed by atoms with E-state index in [-0.39, 0.29) is 0 Å². The number of nitrogens with one attached hydrogen (secondary N) is 1. The Labute approximate surface area is 93.1 Å². The highest BCUT2D eigenvalue weighted by Gasteiger charge is 2.02. The molecule has 0 aliphatic rings. The summed E-state index contributed by atoms with van der Waals surface area (Å²) in [5.74, 6) is 0.735. The second-order valence-corrected chi connectivity index (χ2v) is 4.17. The number of aryl methyl sites for hydroxylation is 1. The van der Waals surface area contributed by atoms with Gasteiger partial charge in [-0.2, -0.15) is 0 Å². The lowest BCUT2D eigenvalue weighted by molar-refractivity contribution is 0.479. The van der Waals surface area contributed by atoms with Gasteiger partial charge in [-0.15, -0.1) is 0 Å². The Morgan fingerprint density at radius 3 is 2.93 bits per heavy atom. The van der Waals surface area contributed by atoms with Gasteiger partial charge in [0, 0.05) is 11.9 Å². The normalized spacial score (nSPS) is 12.7. The third-order valence-corrected chi connectivity index (χ3v) is 2.54. The molecule has 1 N–H and O–H groups in total. The Morgan fingerprint density at radius 2 is 2.27 bits per heavy atom. The molecule has 84 valence electrons. The van der Waals surface area contributed by atoms with Crippen molar-refractivity contribution in [3.8, 4) is 0 Å². The molecule has 1 unspecified atom stereocenters. The summed E-state index contributed by atoms with van der Waals surface area (Å²) in [6.07, 6.45) is 5.39. The highest BCUT2D eigenvalue weighted by atomic mass is 14.8. The highest BCUT2D eigenvalue weighted by Crippen LogP contribution is 2.06. The monoisotopic (exact) mass is 206 g/mol. The molecule has 0 bridgehead atoms. The van der Waals surface area contributed by atoms with Crippen molar-refractivity contribution in [2.24, 2.45) is 5.92 Å². The Morgan fingerprint density at radius 1 is 1.40 bits per heavy atom. The van der Waals surface area contributed by atoms with Gasteiger partial charge in [-0.3, -0.25) is 4.98 Å². The molecule has 0 aliphatic heterocycles. The topological polar surface area (TPSA) is 24.9 Å². The number of hydrogen-bond acceptors (Lipinski definition) is 2. The van der Waals surface area contributed by atoms with Crippen molar-refractivity contribution in [2.45, 2.75) is 33.1 Å². The number of pyridine rings is 1. The molecule has 0 fully saturated rings. The highest BCUT2D eigenvalue weighted by molar-refractivity contribution is 5.03. The lowest BCUT2D eigenvalue weighted by Crippen LogP contribution is -2.22. The fraction of sp³-hybridized carbons (Fsp3) is 0.615. The van der Waals surface area contributed by atoms with Gasteiger partial charge in [0.15, 0.2) is 0 Å². The molecule has 2 nitrogen and oxygen atoms in total. The average molecular weight is 206 g/mol. The van der Waals surface area contributed by atoms with E-state index >= 15 is 0 Å². The molecule has 0 saturated carbocycles. The standard InChI is InChI=1S/C13H22N2/c1-3-9-14-11-12(2)7-8-13-6-4-5-10-15-13/h4-6,10,12,14H,3,7-9,11H2,1-2H3. The Bertz CT molecular complexity index is 246. The molecule has 1 atom stereocenters. The fourth-order valence-electron chi connectivity index (χ4n) is 1.57. The molecule has 15 heavy (non-hydrogen) atoms. The Balaban J connectivity index is 2.14. The maximum Gasteiger partial charge on any atom is 0.0403 e. The van der Waals surface area contributed by atoms with Crippen LogP contribution in [0, 0.1) is 5.92 Å². The van der Waals surface area contributed by atoms with E-state index in [1.165, 1.54) is 18.5 Å². The van der Waals surface area contributed by atoms with E-state index < -0.39 is 0 Å². The van der Waals surface area contributed by atoms with Crippen LogP contribution in [0.25, 0.3) is 0 Å². The van der Waals surface area contributed by atoms with Crippen LogP contribution in [0.15, 0.2) is 24.4 Å². The van der Waals surface area contributed by atoms with E-state index in [9.17, 15) is 0 Å². The number of nitrogens with zero attached hydrogens (tertiary/aromatic N) is 1. The largest absolute Gasteiger partial charge is 0.316 e. The molecule has 0 aromatic carbocycles. The van der Waals surface area contributed by atoms with Gasteiger partial charge in [0.25, 0.3) is 0 Å². The molecule has 1 aromatic heterocycles. The summed E-state index contributed by atoms with van der Waals surface area (Å²) in [7, 11) is 0. The lowest BCUT2D eigenvalue weighted by atomic mass is 10.0. The predicted octanol–water partition coefficient (Wildman–Crippen LogP) is 2.65. The molecule has 2 heteroatoms. The van der Waals surface area contributed by atoms with Crippen LogP contribution < -0.4 is 5.32 Å². The molecule has 0 aliphatic carbocycles. The number of rotatable bonds is 7. The van der Waals surface area contributed by atoms with Gasteiger partial charge in [0.2, 0.25) is 0 Å². The first kappa shape index (κ1) is 12.2. The first-order chi connectivity index (χ1) is 7.33. The Hall–Kier alpha value is -0.890. The molecular formula is C13H22N2. The summed E-state index contributed by atoms with van der Waals surface area (Å²) in [6.45, 7) is 6.76. The summed E-state index contributed by atoms with van der Waals surface area (Å²) >= 11 is 0. The molecule has 0 saturated heterocycles. The van der Waals surface area contributed by atoms with Crippen LogP contribution in [-0.2, 0) is 6.42 Å². The smallest absolute Gasteiger partial charge is 0.0403 e. The molecule has 0 spiro atoms. The molecular weight excluding hydrogens is 184 g/mol. The van der Waals surface area contributed by atoms with Gasteiger partial charge in [0.1, 0.15) is 0 Å². The van der Waals surface area contributed by atoms with Crippen LogP contribution in [0.3, 0.4) is 0 Å². The number of aromatic nitrogens is 1. The van der Waals surface area contributed by atoms with Crippen molar-refractivity contribution in [1.29, 1.82) is 0 Å². The second-order valence-electron chi connectivity index (χ2n) is 4.17. The van der Waals surface area contributed by atoms with Crippen LogP contribution in [0.1, 0.15) is 32.4 Å². The van der Waals surface area contributed by atoms with Gasteiger partial charge >= 0.3 is 0 Å². The zero-order valence-electron chi connectivity index (χ0n) is 9.87. The van der Waals surface area contributed by atoms with E-state index in [0.717, 1.165) is 25.4 Å². The number of hydrogen-bond donors (Lipinski definition) is 1. The minimum Gasteiger partial charge on any atom is -0.316 e. The van der Waals surface area contributed by atoms with Crippen LogP contribution >= 0.6 is 0 Å². The summed E-state index contributed by atoms with van der Waals surface area (Å²) in [6, 6.07) is 6.13. The van der Waals surface area contributed by atoms with Crippen molar-refractivity contribution in [1.82, 2.24) is 10.3 Å². The summed E-state index contributed by atoms with van der Waals surface area (Å²) in [4.78, 5) is 4.33. The van der Waals surface area contributed by atoms with Crippen molar-refractivity contribution in [2.75, 3.05) is 13.1 Å². The van der Waals surface area contributed by atoms with E-state index in [2.05, 4.69) is 36.3 Å². The maximum atomic E-state index is 4.33. The minimum absolute atomic E-state index is 0.735. The van der Waals surface area contributed by atoms with Crippen molar-refractivity contribution < 1.29 is 0 Å². The van der Waals surface area contributed by atoms with E-state index in [1.54, 1.807) is 0 Å². The van der Waals surface area contributed by atoms with Crippen molar-refractivity contribution >= 4 is 0 Å². The molecule has 0 radical (unpaired) electrons. The molecule has 0 amide bonds. The summed E-state index contributed by atoms with van der Waals surface area (Å²) in [5.41, 5.74) is 1.21. The first-order valence-corrected chi connectivity index (χ1v) is 5.93. The van der Waals surface area contributed by atoms with Gasteiger partial charge in [-0.25, -0.2) is 0 Å². The summed E-state index contributed by atoms with van der Waals surface area (Å²) in [5, 5.41) is 3.45. The average Bonchev–Trinajstić information content (AvgIpc) is 2.28. The van der Waals surface area contributed by atoms with E-state index in [1.807, 2.05) is 12.3 Å². The zero-order chi connectivity index (χ0) is 10.9. The van der Waals surface area contributed by atoms with Crippen molar-refractivity contribution in [3.63, 3.8) is 0 Å². The van der Waals surface area contributed by atoms with Crippen LogP contribution in [-0.4, -0.2) is 18.1 Å². The molecule has 1 aromatic rings. The zero-order valence-corrected chi connectivity index (χ0v) is 9.87. The van der Waals surface area contributed by atoms with Gasteiger partial charge in [-0.1, -0.05) is 19.9 Å². The third-order valence-electron chi connectivity index (χ3n) is 2.54. The predicted molar refractivity (Wildman–Crippen MR) is 64.9 cm³/mol. The van der Waals surface area contributed by atoms with Gasteiger partial charge in [-0.05, 0) is 50.4 Å². The van der Waals surface area contributed by atoms with E-state index in [0.29, 0.717) is 0 Å². The Kier molecular flexibility index (Phi) is 6.02. The lowest BCUT2D eigenvalue weighted by Gasteiger charge is -2.11. The molecule has 1 heterocycles. The summed E-state index contributed by atoms with van der Waals surface area (Å²) < 4.78 is 0. The van der Waals surface area contributed by atoms with Crippen LogP contribution in [0.2, 0.25) is 0 Å². The van der Waals surface area contributed by atoms with Crippen molar-refractivity contribution in [3.05, 3.63) is 30.1 Å². The van der Waals surface area contributed by atoms with Gasteiger partial charge < -0.3 is 5.32 Å². The van der Waals surface area contributed by atoms with Gasteiger partial charge in [0.05, 0.1) is 0 Å². The third kappa shape index (κ3) is 5.53. The quantitative estimate of drug-likeness (QED) is 0.694. The molecule has 1 rings (SSSR count). The minimum atomic E-state index is 0.735. The van der Waals surface area contributed by atoms with Crippen LogP contribution in [0.4, 0.5) is 0 Å². The first-order valence-electron chi connectivity index (χ1n) is 5.93. The van der Waals surface area contributed by atoms with E-state index in [4.69, 9.17) is 0 Å². The maximum absolute atomic E-state index is 4.33. The SMILES string of the molecule is CCCNCC(C)CCc1ccccn1. The fourth-order valence-corrected chi connectivity index (χ4v) is 1.57.